The number of hydrogen-bond donors (Lipinski definition) is 1. The number of carbonyl (C=O) groups excluding carboxylic acids is 1. The van der Waals surface area contributed by atoms with Gasteiger partial charge in [-0.25, -0.2) is 5.48 Å². The first-order valence-corrected chi connectivity index (χ1v) is 6.75. The maximum Gasteiger partial charge on any atom is 0.276 e. The molecule has 2 aromatic rings. The monoisotopic (exact) mass is 339 g/mol. The summed E-state index contributed by atoms with van der Waals surface area (Å²) in [5.74, 6) is -0.373. The van der Waals surface area contributed by atoms with E-state index >= 15 is 0 Å². The Morgan fingerprint density at radius 1 is 1.21 bits per heavy atom. The number of hydrogen-bond acceptors (Lipinski definition) is 2. The van der Waals surface area contributed by atoms with Crippen molar-refractivity contribution in [1.29, 1.82) is 0 Å². The molecule has 1 N–H and O–H groups in total. The lowest BCUT2D eigenvalue weighted by Crippen LogP contribution is -2.23. The lowest BCUT2D eigenvalue weighted by Gasteiger charge is -2.07. The van der Waals surface area contributed by atoms with Crippen molar-refractivity contribution in [2.45, 2.75) is 6.61 Å². The first-order chi connectivity index (χ1) is 9.16. The Morgan fingerprint density at radius 3 is 2.68 bits per heavy atom. The van der Waals surface area contributed by atoms with Gasteiger partial charge in [0.1, 0.15) is 0 Å². The van der Waals surface area contributed by atoms with Crippen molar-refractivity contribution in [3.63, 3.8) is 0 Å². The van der Waals surface area contributed by atoms with Gasteiger partial charge in [0.2, 0.25) is 0 Å². The van der Waals surface area contributed by atoms with Crippen LogP contribution in [0.1, 0.15) is 15.9 Å². The van der Waals surface area contributed by atoms with E-state index in [0.717, 1.165) is 10.0 Å². The highest BCUT2D eigenvalue weighted by Gasteiger charge is 2.10. The van der Waals surface area contributed by atoms with Crippen LogP contribution in [0.5, 0.6) is 0 Å². The summed E-state index contributed by atoms with van der Waals surface area (Å²) in [5.41, 5.74) is 3.71. The van der Waals surface area contributed by atoms with E-state index < -0.39 is 0 Å². The van der Waals surface area contributed by atoms with Gasteiger partial charge in [-0.1, -0.05) is 57.9 Å². The zero-order valence-corrected chi connectivity index (χ0v) is 12.2. The SMILES string of the molecule is O=C(NOCc1ccccc1)c1cc(Br)ccc1Cl. The zero-order chi connectivity index (χ0) is 13.7. The number of benzene rings is 2. The third-order valence-corrected chi connectivity index (χ3v) is 3.24. The Hall–Kier alpha value is -1.36. The summed E-state index contributed by atoms with van der Waals surface area (Å²) in [6, 6.07) is 14.6. The highest BCUT2D eigenvalue weighted by atomic mass is 79.9. The summed E-state index contributed by atoms with van der Waals surface area (Å²) in [6.45, 7) is 0.304. The molecule has 0 radical (unpaired) electrons. The average molecular weight is 341 g/mol. The lowest BCUT2D eigenvalue weighted by atomic mass is 10.2. The fraction of sp³-hybridized carbons (Fsp3) is 0.0714. The van der Waals surface area contributed by atoms with Crippen LogP contribution in [-0.4, -0.2) is 5.91 Å². The molecule has 3 nitrogen and oxygen atoms in total. The number of carbonyl (C=O) groups is 1. The molecule has 5 heteroatoms. The van der Waals surface area contributed by atoms with Crippen LogP contribution in [0.15, 0.2) is 53.0 Å². The topological polar surface area (TPSA) is 38.3 Å². The quantitative estimate of drug-likeness (QED) is 0.856. The Labute approximate surface area is 124 Å². The molecule has 2 aromatic carbocycles. The first-order valence-electron chi connectivity index (χ1n) is 5.58. The summed E-state index contributed by atoms with van der Waals surface area (Å²) in [7, 11) is 0. The number of halogens is 2. The molecule has 0 bridgehead atoms. The molecular weight excluding hydrogens is 330 g/mol. The van der Waals surface area contributed by atoms with Crippen LogP contribution in [0.3, 0.4) is 0 Å². The summed E-state index contributed by atoms with van der Waals surface area (Å²) in [4.78, 5) is 17.0. The maximum absolute atomic E-state index is 11.9. The highest BCUT2D eigenvalue weighted by molar-refractivity contribution is 9.10. The minimum absolute atomic E-state index is 0.304. The zero-order valence-electron chi connectivity index (χ0n) is 9.90. The Kier molecular flexibility index (Phi) is 4.96. The summed E-state index contributed by atoms with van der Waals surface area (Å²) < 4.78 is 0.783. The molecule has 0 saturated heterocycles. The minimum atomic E-state index is -0.373. The molecule has 0 aliphatic heterocycles. The number of hydroxylamine groups is 1. The van der Waals surface area contributed by atoms with Crippen LogP contribution in [0.2, 0.25) is 5.02 Å². The van der Waals surface area contributed by atoms with E-state index in [1.807, 2.05) is 30.3 Å². The van der Waals surface area contributed by atoms with E-state index in [0.29, 0.717) is 17.2 Å². The molecule has 0 saturated carbocycles. The largest absolute Gasteiger partial charge is 0.276 e. The van der Waals surface area contributed by atoms with Crippen molar-refractivity contribution < 1.29 is 9.63 Å². The molecule has 0 aliphatic rings. The van der Waals surface area contributed by atoms with E-state index in [9.17, 15) is 4.79 Å². The average Bonchev–Trinajstić information content (AvgIpc) is 2.42. The molecule has 0 aliphatic carbocycles. The molecule has 1 amide bonds. The number of amides is 1. The predicted molar refractivity (Wildman–Crippen MR) is 77.8 cm³/mol. The molecule has 0 aromatic heterocycles. The third kappa shape index (κ3) is 4.06. The van der Waals surface area contributed by atoms with Gasteiger partial charge >= 0.3 is 0 Å². The van der Waals surface area contributed by atoms with Crippen LogP contribution in [0, 0.1) is 0 Å². The van der Waals surface area contributed by atoms with E-state index in [1.165, 1.54) is 0 Å². The second-order valence-corrected chi connectivity index (χ2v) is 5.15. The van der Waals surface area contributed by atoms with Gasteiger partial charge in [-0.2, -0.15) is 0 Å². The molecular formula is C14H11BrClNO2. The summed E-state index contributed by atoms with van der Waals surface area (Å²) >= 11 is 9.24. The van der Waals surface area contributed by atoms with E-state index in [2.05, 4.69) is 21.4 Å². The van der Waals surface area contributed by atoms with Crippen molar-refractivity contribution in [1.82, 2.24) is 5.48 Å². The lowest BCUT2D eigenvalue weighted by molar-refractivity contribution is 0.0233. The minimum Gasteiger partial charge on any atom is -0.269 e. The highest BCUT2D eigenvalue weighted by Crippen LogP contribution is 2.20. The van der Waals surface area contributed by atoms with Crippen molar-refractivity contribution in [3.8, 4) is 0 Å². The van der Waals surface area contributed by atoms with Crippen LogP contribution in [0.4, 0.5) is 0 Å². The van der Waals surface area contributed by atoms with Gasteiger partial charge in [-0.3, -0.25) is 9.63 Å². The molecule has 0 spiro atoms. The molecule has 0 fully saturated rings. The van der Waals surface area contributed by atoms with Crippen LogP contribution in [0.25, 0.3) is 0 Å². The van der Waals surface area contributed by atoms with Gasteiger partial charge in [0.05, 0.1) is 17.2 Å². The molecule has 98 valence electrons. The smallest absolute Gasteiger partial charge is 0.269 e. The van der Waals surface area contributed by atoms with Gasteiger partial charge in [0.25, 0.3) is 5.91 Å². The number of nitrogens with one attached hydrogen (secondary N) is 1. The van der Waals surface area contributed by atoms with Gasteiger partial charge in [0, 0.05) is 4.47 Å². The predicted octanol–water partition coefficient (Wildman–Crippen LogP) is 3.96. The Balaban J connectivity index is 1.93. The standard InChI is InChI=1S/C14H11BrClNO2/c15-11-6-7-13(16)12(8-11)14(18)17-19-9-10-4-2-1-3-5-10/h1-8H,9H2,(H,17,18). The van der Waals surface area contributed by atoms with E-state index in [4.69, 9.17) is 16.4 Å². The van der Waals surface area contributed by atoms with Crippen LogP contribution in [-0.2, 0) is 11.4 Å². The van der Waals surface area contributed by atoms with Gasteiger partial charge in [-0.05, 0) is 23.8 Å². The fourth-order valence-electron chi connectivity index (χ4n) is 1.49. The first kappa shape index (κ1) is 14.1. The second kappa shape index (κ2) is 6.70. The van der Waals surface area contributed by atoms with Crippen LogP contribution < -0.4 is 5.48 Å². The third-order valence-electron chi connectivity index (χ3n) is 2.42. The molecule has 0 unspecified atom stereocenters. The maximum atomic E-state index is 11.9. The molecule has 0 atom stereocenters. The van der Waals surface area contributed by atoms with Gasteiger partial charge in [0.15, 0.2) is 0 Å². The molecule has 2 rings (SSSR count). The Morgan fingerprint density at radius 2 is 1.95 bits per heavy atom. The van der Waals surface area contributed by atoms with Crippen molar-refractivity contribution in [2.24, 2.45) is 0 Å². The van der Waals surface area contributed by atoms with Crippen molar-refractivity contribution in [3.05, 3.63) is 69.2 Å². The summed E-state index contributed by atoms with van der Waals surface area (Å²) in [5, 5.41) is 0.379. The number of rotatable bonds is 4. The van der Waals surface area contributed by atoms with E-state index in [-0.39, 0.29) is 5.91 Å². The summed E-state index contributed by atoms with van der Waals surface area (Å²) in [6.07, 6.45) is 0. The second-order valence-electron chi connectivity index (χ2n) is 3.83. The van der Waals surface area contributed by atoms with Gasteiger partial charge in [-0.15, -0.1) is 0 Å². The van der Waals surface area contributed by atoms with E-state index in [1.54, 1.807) is 18.2 Å². The Bertz CT molecular complexity index is 575. The normalized spacial score (nSPS) is 10.2. The molecule has 0 heterocycles. The fourth-order valence-corrected chi connectivity index (χ4v) is 2.05. The van der Waals surface area contributed by atoms with Crippen molar-refractivity contribution >= 4 is 33.4 Å². The molecule has 19 heavy (non-hydrogen) atoms. The van der Waals surface area contributed by atoms with Crippen LogP contribution >= 0.6 is 27.5 Å². The van der Waals surface area contributed by atoms with Crippen molar-refractivity contribution in [2.75, 3.05) is 0 Å². The van der Waals surface area contributed by atoms with Gasteiger partial charge < -0.3 is 0 Å².